The molecule has 0 spiro atoms. The first-order valence-corrected chi connectivity index (χ1v) is 6.42. The van der Waals surface area contributed by atoms with Crippen LogP contribution < -0.4 is 4.90 Å². The highest BCUT2D eigenvalue weighted by Gasteiger charge is 2.06. The van der Waals surface area contributed by atoms with Gasteiger partial charge in [0, 0.05) is 18.1 Å². The lowest BCUT2D eigenvalue weighted by Gasteiger charge is -2.17. The summed E-state index contributed by atoms with van der Waals surface area (Å²) in [5.41, 5.74) is 0.846. The van der Waals surface area contributed by atoms with E-state index < -0.39 is 6.10 Å². The van der Waals surface area contributed by atoms with Crippen LogP contribution in [0.3, 0.4) is 0 Å². The second-order valence-corrected chi connectivity index (χ2v) is 5.09. The van der Waals surface area contributed by atoms with Crippen molar-refractivity contribution in [3.63, 3.8) is 0 Å². The lowest BCUT2D eigenvalue weighted by atomic mass is 10.2. The minimum Gasteiger partial charge on any atom is -0.389 e. The van der Waals surface area contributed by atoms with Gasteiger partial charge in [-0.2, -0.15) is 0 Å². The first-order valence-electron chi connectivity index (χ1n) is 5.54. The monoisotopic (exact) mass is 248 g/mol. The quantitative estimate of drug-likeness (QED) is 0.904. The van der Waals surface area contributed by atoms with Crippen LogP contribution in [0.5, 0.6) is 0 Å². The van der Waals surface area contributed by atoms with E-state index in [1.807, 2.05) is 19.2 Å². The Morgan fingerprint density at radius 2 is 2.24 bits per heavy atom. The van der Waals surface area contributed by atoms with Gasteiger partial charge < -0.3 is 10.0 Å². The number of nitrogens with zero attached hydrogens (tertiary/aromatic N) is 2. The molecule has 0 radical (unpaired) electrons. The molecule has 0 fully saturated rings. The zero-order valence-corrected chi connectivity index (χ0v) is 10.8. The minimum atomic E-state index is -0.459. The number of hydrogen-bond donors (Lipinski definition) is 1. The number of pyridine rings is 1. The smallest absolute Gasteiger partial charge is 0.128 e. The molecule has 4 heteroatoms. The van der Waals surface area contributed by atoms with E-state index in [2.05, 4.69) is 27.4 Å². The molecule has 0 saturated heterocycles. The number of rotatable bonds is 4. The molecule has 1 atom stereocenters. The van der Waals surface area contributed by atoms with E-state index >= 15 is 0 Å². The van der Waals surface area contributed by atoms with Crippen molar-refractivity contribution in [3.8, 4) is 0 Å². The molecule has 0 saturated carbocycles. The Morgan fingerprint density at radius 3 is 2.76 bits per heavy atom. The molecule has 0 aliphatic rings. The van der Waals surface area contributed by atoms with Crippen molar-refractivity contribution in [2.75, 3.05) is 11.9 Å². The van der Waals surface area contributed by atoms with Crippen molar-refractivity contribution >= 4 is 17.2 Å². The number of aromatic nitrogens is 1. The van der Waals surface area contributed by atoms with E-state index in [-0.39, 0.29) is 0 Å². The van der Waals surface area contributed by atoms with Gasteiger partial charge in [-0.25, -0.2) is 4.98 Å². The van der Waals surface area contributed by atoms with Crippen molar-refractivity contribution in [1.29, 1.82) is 0 Å². The van der Waals surface area contributed by atoms with Crippen molar-refractivity contribution in [2.24, 2.45) is 0 Å². The topological polar surface area (TPSA) is 36.4 Å². The Morgan fingerprint density at radius 1 is 1.41 bits per heavy atom. The molecule has 90 valence electrons. The molecule has 2 rings (SSSR count). The molecule has 17 heavy (non-hydrogen) atoms. The van der Waals surface area contributed by atoms with Crippen LogP contribution in [0.1, 0.15) is 23.5 Å². The Hall–Kier alpha value is -1.39. The van der Waals surface area contributed by atoms with Gasteiger partial charge >= 0.3 is 0 Å². The maximum Gasteiger partial charge on any atom is 0.128 e. The summed E-state index contributed by atoms with van der Waals surface area (Å²) in [5, 5.41) is 11.5. The van der Waals surface area contributed by atoms with Crippen molar-refractivity contribution in [1.82, 2.24) is 4.98 Å². The summed E-state index contributed by atoms with van der Waals surface area (Å²) < 4.78 is 0. The molecular weight excluding hydrogens is 232 g/mol. The zero-order chi connectivity index (χ0) is 12.3. The summed E-state index contributed by atoms with van der Waals surface area (Å²) in [6, 6.07) is 8.02. The lowest BCUT2D eigenvalue weighted by Crippen LogP contribution is -2.16. The van der Waals surface area contributed by atoms with Crippen LogP contribution in [-0.2, 0) is 6.54 Å². The zero-order valence-electron chi connectivity index (χ0n) is 10.00. The fourth-order valence-corrected chi connectivity index (χ4v) is 2.34. The van der Waals surface area contributed by atoms with Gasteiger partial charge in [0.15, 0.2) is 0 Å². The largest absolute Gasteiger partial charge is 0.389 e. The third-order valence-electron chi connectivity index (χ3n) is 2.62. The standard InChI is InChI=1S/C13H16N2OS/c1-10(16)11-5-6-13(14-8-11)15(2)9-12-4-3-7-17-12/h3-8,10,16H,9H2,1-2H3. The molecule has 1 unspecified atom stereocenters. The van der Waals surface area contributed by atoms with Gasteiger partial charge in [0.05, 0.1) is 12.6 Å². The number of aliphatic hydroxyl groups excluding tert-OH is 1. The van der Waals surface area contributed by atoms with Gasteiger partial charge in [0.1, 0.15) is 5.82 Å². The summed E-state index contributed by atoms with van der Waals surface area (Å²) in [4.78, 5) is 7.76. The van der Waals surface area contributed by atoms with Crippen LogP contribution in [0.25, 0.3) is 0 Å². The summed E-state index contributed by atoms with van der Waals surface area (Å²) in [7, 11) is 2.02. The molecule has 2 aromatic heterocycles. The maximum absolute atomic E-state index is 9.41. The normalized spacial score (nSPS) is 12.4. The molecule has 3 nitrogen and oxygen atoms in total. The molecule has 0 aliphatic heterocycles. The van der Waals surface area contributed by atoms with E-state index in [9.17, 15) is 5.11 Å². The maximum atomic E-state index is 9.41. The van der Waals surface area contributed by atoms with E-state index in [0.717, 1.165) is 17.9 Å². The lowest BCUT2D eigenvalue weighted by molar-refractivity contribution is 0.199. The molecular formula is C13H16N2OS. The third kappa shape index (κ3) is 3.05. The van der Waals surface area contributed by atoms with Crippen LogP contribution in [-0.4, -0.2) is 17.1 Å². The predicted molar refractivity (Wildman–Crippen MR) is 71.3 cm³/mol. The van der Waals surface area contributed by atoms with Gasteiger partial charge in [-0.05, 0) is 30.0 Å². The van der Waals surface area contributed by atoms with Crippen LogP contribution in [0, 0.1) is 0 Å². The second kappa shape index (κ2) is 5.29. The van der Waals surface area contributed by atoms with Crippen LogP contribution in [0.15, 0.2) is 35.8 Å². The average molecular weight is 248 g/mol. The van der Waals surface area contributed by atoms with E-state index in [1.54, 1.807) is 24.5 Å². The van der Waals surface area contributed by atoms with Crippen LogP contribution in [0.4, 0.5) is 5.82 Å². The fraction of sp³-hybridized carbons (Fsp3) is 0.308. The Balaban J connectivity index is 2.06. The van der Waals surface area contributed by atoms with Gasteiger partial charge in [-0.3, -0.25) is 0 Å². The predicted octanol–water partition coefficient (Wildman–Crippen LogP) is 2.83. The highest BCUT2D eigenvalue weighted by atomic mass is 32.1. The molecule has 0 aromatic carbocycles. The number of anilines is 1. The fourth-order valence-electron chi connectivity index (χ4n) is 1.59. The Kier molecular flexibility index (Phi) is 3.76. The minimum absolute atomic E-state index is 0.459. The number of thiophene rings is 1. The van der Waals surface area contributed by atoms with E-state index in [1.165, 1.54) is 4.88 Å². The molecule has 0 bridgehead atoms. The van der Waals surface area contributed by atoms with Gasteiger partial charge in [0.2, 0.25) is 0 Å². The average Bonchev–Trinajstić information content (AvgIpc) is 2.82. The van der Waals surface area contributed by atoms with Crippen molar-refractivity contribution < 1.29 is 5.11 Å². The first-order chi connectivity index (χ1) is 8.16. The number of hydrogen-bond acceptors (Lipinski definition) is 4. The highest BCUT2D eigenvalue weighted by molar-refractivity contribution is 7.09. The molecule has 0 amide bonds. The second-order valence-electron chi connectivity index (χ2n) is 4.06. The molecule has 2 aromatic rings. The molecule has 0 aliphatic carbocycles. The number of aliphatic hydroxyl groups is 1. The summed E-state index contributed by atoms with van der Waals surface area (Å²) in [6.07, 6.45) is 1.27. The van der Waals surface area contributed by atoms with Crippen molar-refractivity contribution in [2.45, 2.75) is 19.6 Å². The van der Waals surface area contributed by atoms with Gasteiger partial charge in [-0.1, -0.05) is 12.1 Å². The van der Waals surface area contributed by atoms with Crippen LogP contribution >= 0.6 is 11.3 Å². The van der Waals surface area contributed by atoms with Crippen LogP contribution in [0.2, 0.25) is 0 Å². The van der Waals surface area contributed by atoms with E-state index in [4.69, 9.17) is 0 Å². The Labute approximate surface area is 105 Å². The molecule has 2 heterocycles. The first kappa shape index (κ1) is 12.1. The summed E-state index contributed by atoms with van der Waals surface area (Å²) >= 11 is 1.74. The van der Waals surface area contributed by atoms with Gasteiger partial charge in [-0.15, -0.1) is 11.3 Å². The highest BCUT2D eigenvalue weighted by Crippen LogP contribution is 2.18. The summed E-state index contributed by atoms with van der Waals surface area (Å²) in [6.45, 7) is 2.60. The molecule has 1 N–H and O–H groups in total. The Bertz CT molecular complexity index is 451. The summed E-state index contributed by atoms with van der Waals surface area (Å²) in [5.74, 6) is 0.919. The SMILES string of the molecule is CC(O)c1ccc(N(C)Cc2cccs2)nc1. The van der Waals surface area contributed by atoms with Crippen molar-refractivity contribution in [3.05, 3.63) is 46.3 Å². The van der Waals surface area contributed by atoms with E-state index in [0.29, 0.717) is 0 Å². The third-order valence-corrected chi connectivity index (χ3v) is 3.48. The van der Waals surface area contributed by atoms with Gasteiger partial charge in [0.25, 0.3) is 0 Å².